The smallest absolute Gasteiger partial charge is 0.187 e. The number of aliphatic imine (C=N–C) groups is 1. The third-order valence-corrected chi connectivity index (χ3v) is 4.26. The molecule has 0 saturated carbocycles. The van der Waals surface area contributed by atoms with Gasteiger partial charge in [-0.1, -0.05) is 51.5 Å². The summed E-state index contributed by atoms with van der Waals surface area (Å²) in [6.45, 7) is 8.61. The maximum atomic E-state index is 14.2. The van der Waals surface area contributed by atoms with Crippen LogP contribution in [0, 0.1) is 17.2 Å². The van der Waals surface area contributed by atoms with Crippen molar-refractivity contribution in [2.24, 2.45) is 16.8 Å². The molecule has 0 fully saturated rings. The Morgan fingerprint density at radius 3 is 2.32 bits per heavy atom. The van der Waals surface area contributed by atoms with Crippen LogP contribution in [0.3, 0.4) is 0 Å². The third kappa shape index (κ3) is 6.08. The first-order valence-corrected chi connectivity index (χ1v) is 8.32. The molecule has 0 aliphatic carbocycles. The SMILES string of the molecule is CCC(C[C@@H](C)CC)C(F)=NCCc1ccc(C(C)=N)cc1. The molecule has 0 bridgehead atoms. The maximum absolute atomic E-state index is 14.2. The van der Waals surface area contributed by atoms with Crippen molar-refractivity contribution in [3.05, 3.63) is 35.4 Å². The molecule has 2 nitrogen and oxygen atoms in total. The average Bonchev–Trinajstić information content (AvgIpc) is 2.52. The zero-order valence-corrected chi connectivity index (χ0v) is 14.3. The van der Waals surface area contributed by atoms with E-state index in [2.05, 4.69) is 18.8 Å². The Morgan fingerprint density at radius 1 is 1.18 bits per heavy atom. The minimum atomic E-state index is -0.185. The Labute approximate surface area is 134 Å². The fourth-order valence-corrected chi connectivity index (χ4v) is 2.43. The Kier molecular flexibility index (Phi) is 8.00. The van der Waals surface area contributed by atoms with Crippen molar-refractivity contribution < 1.29 is 4.39 Å². The third-order valence-electron chi connectivity index (χ3n) is 4.26. The van der Waals surface area contributed by atoms with E-state index in [1.54, 1.807) is 6.92 Å². The number of nitrogens with zero attached hydrogens (tertiary/aromatic N) is 1. The van der Waals surface area contributed by atoms with Crippen LogP contribution in [-0.2, 0) is 6.42 Å². The van der Waals surface area contributed by atoms with Crippen molar-refractivity contribution in [1.82, 2.24) is 0 Å². The van der Waals surface area contributed by atoms with Gasteiger partial charge in [0.15, 0.2) is 5.97 Å². The number of halogens is 1. The Balaban J connectivity index is 2.53. The first kappa shape index (κ1) is 18.5. The fraction of sp³-hybridized carbons (Fsp3) is 0.579. The van der Waals surface area contributed by atoms with Crippen LogP contribution in [0.5, 0.6) is 0 Å². The molecule has 0 amide bonds. The van der Waals surface area contributed by atoms with E-state index in [9.17, 15) is 4.39 Å². The van der Waals surface area contributed by atoms with Crippen LogP contribution < -0.4 is 0 Å². The van der Waals surface area contributed by atoms with Crippen molar-refractivity contribution in [2.75, 3.05) is 6.54 Å². The zero-order chi connectivity index (χ0) is 16.5. The van der Waals surface area contributed by atoms with Gasteiger partial charge < -0.3 is 5.41 Å². The largest absolute Gasteiger partial charge is 0.305 e. The highest BCUT2D eigenvalue weighted by Gasteiger charge is 2.16. The van der Waals surface area contributed by atoms with E-state index in [0.717, 1.165) is 36.8 Å². The minimum absolute atomic E-state index is 0.0297. The van der Waals surface area contributed by atoms with Crippen LogP contribution in [0.2, 0.25) is 0 Å². The van der Waals surface area contributed by atoms with Crippen LogP contribution >= 0.6 is 0 Å². The molecule has 1 aromatic carbocycles. The second kappa shape index (κ2) is 9.50. The van der Waals surface area contributed by atoms with E-state index < -0.39 is 0 Å². The number of benzene rings is 1. The van der Waals surface area contributed by atoms with Crippen LogP contribution in [0.15, 0.2) is 29.3 Å². The van der Waals surface area contributed by atoms with Crippen molar-refractivity contribution in [2.45, 2.75) is 53.4 Å². The molecule has 0 aliphatic rings. The van der Waals surface area contributed by atoms with Gasteiger partial charge in [-0.15, -0.1) is 0 Å². The summed E-state index contributed by atoms with van der Waals surface area (Å²) >= 11 is 0. The van der Waals surface area contributed by atoms with Gasteiger partial charge in [0.05, 0.1) is 0 Å². The van der Waals surface area contributed by atoms with Crippen LogP contribution in [-0.4, -0.2) is 18.2 Å². The van der Waals surface area contributed by atoms with Crippen molar-refractivity contribution in [1.29, 1.82) is 5.41 Å². The van der Waals surface area contributed by atoms with Gasteiger partial charge in [-0.25, -0.2) is 0 Å². The fourth-order valence-electron chi connectivity index (χ4n) is 2.43. The zero-order valence-electron chi connectivity index (χ0n) is 14.3. The van der Waals surface area contributed by atoms with Crippen molar-refractivity contribution in [3.8, 4) is 0 Å². The molecule has 2 atom stereocenters. The van der Waals surface area contributed by atoms with Gasteiger partial charge in [0.2, 0.25) is 0 Å². The summed E-state index contributed by atoms with van der Waals surface area (Å²) in [5.41, 5.74) is 2.63. The predicted molar refractivity (Wildman–Crippen MR) is 93.9 cm³/mol. The van der Waals surface area contributed by atoms with E-state index in [1.807, 2.05) is 31.2 Å². The van der Waals surface area contributed by atoms with Gasteiger partial charge in [-0.05, 0) is 43.2 Å². The van der Waals surface area contributed by atoms with Crippen LogP contribution in [0.4, 0.5) is 4.39 Å². The Morgan fingerprint density at radius 2 is 1.82 bits per heavy atom. The molecule has 3 heteroatoms. The Bertz CT molecular complexity index is 491. The molecule has 0 heterocycles. The average molecular weight is 304 g/mol. The minimum Gasteiger partial charge on any atom is -0.305 e. The van der Waals surface area contributed by atoms with Gasteiger partial charge in [0.1, 0.15) is 0 Å². The lowest BCUT2D eigenvalue weighted by Crippen LogP contribution is -2.13. The summed E-state index contributed by atoms with van der Waals surface area (Å²) in [5.74, 6) is 0.329. The summed E-state index contributed by atoms with van der Waals surface area (Å²) in [4.78, 5) is 4.14. The monoisotopic (exact) mass is 304 g/mol. The molecule has 0 aliphatic heterocycles. The molecule has 1 unspecified atom stereocenters. The van der Waals surface area contributed by atoms with Crippen LogP contribution in [0.25, 0.3) is 0 Å². The highest BCUT2D eigenvalue weighted by molar-refractivity contribution is 5.96. The molecule has 0 radical (unpaired) electrons. The molecule has 1 aromatic rings. The second-order valence-electron chi connectivity index (χ2n) is 6.13. The lowest BCUT2D eigenvalue weighted by atomic mass is 9.92. The van der Waals surface area contributed by atoms with Gasteiger partial charge in [-0.3, -0.25) is 4.99 Å². The quantitative estimate of drug-likeness (QED) is 0.589. The van der Waals surface area contributed by atoms with Gasteiger partial charge in [-0.2, -0.15) is 4.39 Å². The highest BCUT2D eigenvalue weighted by atomic mass is 19.1. The normalized spacial score (nSPS) is 14.7. The van der Waals surface area contributed by atoms with E-state index in [0.29, 0.717) is 18.2 Å². The van der Waals surface area contributed by atoms with Gasteiger partial charge >= 0.3 is 0 Å². The lowest BCUT2D eigenvalue weighted by molar-refractivity contribution is 0.424. The summed E-state index contributed by atoms with van der Waals surface area (Å²) in [5, 5.41) is 7.57. The van der Waals surface area contributed by atoms with Crippen molar-refractivity contribution in [3.63, 3.8) is 0 Å². The molecule has 122 valence electrons. The highest BCUT2D eigenvalue weighted by Crippen LogP contribution is 2.20. The molecule has 0 saturated heterocycles. The molecule has 0 spiro atoms. The van der Waals surface area contributed by atoms with Gasteiger partial charge in [0.25, 0.3) is 0 Å². The van der Waals surface area contributed by atoms with Crippen LogP contribution in [0.1, 0.15) is 58.1 Å². The van der Waals surface area contributed by atoms with Gasteiger partial charge in [0, 0.05) is 18.2 Å². The number of hydrogen-bond acceptors (Lipinski definition) is 2. The van der Waals surface area contributed by atoms with E-state index in [4.69, 9.17) is 5.41 Å². The lowest BCUT2D eigenvalue weighted by Gasteiger charge is -2.16. The number of nitrogens with one attached hydrogen (secondary N) is 1. The summed E-state index contributed by atoms with van der Waals surface area (Å²) in [6.07, 6.45) is 3.52. The summed E-state index contributed by atoms with van der Waals surface area (Å²) in [7, 11) is 0. The van der Waals surface area contributed by atoms with E-state index >= 15 is 0 Å². The second-order valence-corrected chi connectivity index (χ2v) is 6.13. The first-order valence-electron chi connectivity index (χ1n) is 8.32. The van der Waals surface area contributed by atoms with Crippen molar-refractivity contribution >= 4 is 11.7 Å². The molecule has 1 N–H and O–H groups in total. The summed E-state index contributed by atoms with van der Waals surface area (Å²) < 4.78 is 14.2. The molecule has 0 aromatic heterocycles. The molecular formula is C19H29FN2. The predicted octanol–water partition coefficient (Wildman–Crippen LogP) is 5.45. The first-order chi connectivity index (χ1) is 10.5. The van der Waals surface area contributed by atoms with E-state index in [-0.39, 0.29) is 11.9 Å². The Hall–Kier alpha value is -1.51. The topological polar surface area (TPSA) is 36.2 Å². The molecule has 22 heavy (non-hydrogen) atoms. The van der Waals surface area contributed by atoms with E-state index in [1.165, 1.54) is 0 Å². The maximum Gasteiger partial charge on any atom is 0.187 e. The molecular weight excluding hydrogens is 275 g/mol. The molecule has 1 rings (SSSR count). The number of rotatable bonds is 9. The standard InChI is InChI=1S/C19H29FN2/c1-5-14(3)13-17(6-2)19(20)22-12-11-16-7-9-18(10-8-16)15(4)21/h7-10,14,17,21H,5-6,11-13H2,1-4H3/t14-,17?/m0/s1. The summed E-state index contributed by atoms with van der Waals surface area (Å²) in [6, 6.07) is 7.87. The number of hydrogen-bond donors (Lipinski definition) is 1.